The van der Waals surface area contributed by atoms with Crippen molar-refractivity contribution in [2.24, 2.45) is 0 Å². The number of hydrogen-bond donors (Lipinski definition) is 1. The number of aliphatic hydroxyl groups excluding tert-OH is 1. The number of nitrogens with zero attached hydrogens (tertiary/aromatic N) is 2. The van der Waals surface area contributed by atoms with Gasteiger partial charge in [0.25, 0.3) is 0 Å². The molecule has 4 heteroatoms. The average molecular weight is 278 g/mol. The van der Waals surface area contributed by atoms with Crippen molar-refractivity contribution in [3.8, 4) is 0 Å². The van der Waals surface area contributed by atoms with Gasteiger partial charge in [0, 0.05) is 13.0 Å². The fraction of sp³-hybridized carbons (Fsp3) is 0.533. The van der Waals surface area contributed by atoms with Gasteiger partial charge in [0.15, 0.2) is 0 Å². The molecule has 0 bridgehead atoms. The van der Waals surface area contributed by atoms with Crippen LogP contribution in [0.25, 0.3) is 11.0 Å². The molecule has 0 saturated carbocycles. The maximum atomic E-state index is 10.1. The second kappa shape index (κ2) is 6.96. The Balaban J connectivity index is 2.11. The summed E-state index contributed by atoms with van der Waals surface area (Å²) >= 11 is 1.83. The van der Waals surface area contributed by atoms with Gasteiger partial charge in [-0.1, -0.05) is 12.1 Å². The number of thioether (sulfide) groups is 1. The standard InChI is InChI=1S/C15H22N2OS/c1-3-17-14-9-5-4-8-13(14)16-15(17)11-12(18)7-6-10-19-2/h4-5,8-9,12,18H,3,6-7,10-11H2,1-2H3. The van der Waals surface area contributed by atoms with Gasteiger partial charge in [0.2, 0.25) is 0 Å². The van der Waals surface area contributed by atoms with Gasteiger partial charge >= 0.3 is 0 Å². The normalized spacial score (nSPS) is 13.0. The Labute approximate surface area is 119 Å². The van der Waals surface area contributed by atoms with Gasteiger partial charge in [-0.2, -0.15) is 11.8 Å². The summed E-state index contributed by atoms with van der Waals surface area (Å²) in [4.78, 5) is 4.65. The fourth-order valence-electron chi connectivity index (χ4n) is 2.41. The SMILES string of the molecule is CCn1c(CC(O)CCCSC)nc2ccccc21. The molecule has 1 aromatic heterocycles. The minimum absolute atomic E-state index is 0.283. The zero-order valence-electron chi connectivity index (χ0n) is 11.7. The first-order valence-electron chi connectivity index (χ1n) is 6.87. The molecule has 0 fully saturated rings. The highest BCUT2D eigenvalue weighted by Gasteiger charge is 2.13. The summed E-state index contributed by atoms with van der Waals surface area (Å²) in [7, 11) is 0. The highest BCUT2D eigenvalue weighted by molar-refractivity contribution is 7.98. The van der Waals surface area contributed by atoms with Crippen molar-refractivity contribution in [2.45, 2.75) is 38.8 Å². The van der Waals surface area contributed by atoms with Crippen LogP contribution >= 0.6 is 11.8 Å². The monoisotopic (exact) mass is 278 g/mol. The Morgan fingerprint density at radius 1 is 1.37 bits per heavy atom. The molecule has 1 aromatic carbocycles. The van der Waals surface area contributed by atoms with E-state index >= 15 is 0 Å². The first-order valence-corrected chi connectivity index (χ1v) is 8.26. The highest BCUT2D eigenvalue weighted by Crippen LogP contribution is 2.18. The van der Waals surface area contributed by atoms with E-state index in [0.717, 1.165) is 42.0 Å². The van der Waals surface area contributed by atoms with Crippen molar-refractivity contribution >= 4 is 22.8 Å². The lowest BCUT2D eigenvalue weighted by molar-refractivity contribution is 0.161. The lowest BCUT2D eigenvalue weighted by Gasteiger charge is -2.11. The summed E-state index contributed by atoms with van der Waals surface area (Å²) in [6.45, 7) is 3.02. The molecule has 0 spiro atoms. The van der Waals surface area contributed by atoms with Gasteiger partial charge in [-0.15, -0.1) is 0 Å². The van der Waals surface area contributed by atoms with Gasteiger partial charge in [-0.25, -0.2) is 4.98 Å². The van der Waals surface area contributed by atoms with E-state index in [0.29, 0.717) is 6.42 Å². The van der Waals surface area contributed by atoms with Crippen molar-refractivity contribution in [1.82, 2.24) is 9.55 Å². The third-order valence-corrected chi connectivity index (χ3v) is 4.05. The Morgan fingerprint density at radius 2 is 2.16 bits per heavy atom. The van der Waals surface area contributed by atoms with Gasteiger partial charge in [0.1, 0.15) is 5.82 Å². The molecule has 1 N–H and O–H groups in total. The van der Waals surface area contributed by atoms with E-state index < -0.39 is 0 Å². The summed E-state index contributed by atoms with van der Waals surface area (Å²) < 4.78 is 2.20. The number of aliphatic hydroxyl groups is 1. The van der Waals surface area contributed by atoms with E-state index in [4.69, 9.17) is 0 Å². The Kier molecular flexibility index (Phi) is 5.28. The molecular weight excluding hydrogens is 256 g/mol. The molecule has 2 aromatic rings. The summed E-state index contributed by atoms with van der Waals surface area (Å²) in [5, 5.41) is 10.1. The van der Waals surface area contributed by atoms with Crippen molar-refractivity contribution in [3.05, 3.63) is 30.1 Å². The van der Waals surface area contributed by atoms with Crippen LogP contribution in [0.5, 0.6) is 0 Å². The summed E-state index contributed by atoms with van der Waals surface area (Å²) in [5.74, 6) is 2.11. The predicted molar refractivity (Wildman–Crippen MR) is 82.7 cm³/mol. The minimum Gasteiger partial charge on any atom is -0.393 e. The first kappa shape index (κ1) is 14.4. The van der Waals surface area contributed by atoms with Crippen LogP contribution in [0.15, 0.2) is 24.3 Å². The summed E-state index contributed by atoms with van der Waals surface area (Å²) in [6, 6.07) is 8.17. The molecule has 1 heterocycles. The van der Waals surface area contributed by atoms with E-state index in [1.54, 1.807) is 0 Å². The quantitative estimate of drug-likeness (QED) is 0.791. The van der Waals surface area contributed by atoms with Gasteiger partial charge in [-0.3, -0.25) is 0 Å². The lowest BCUT2D eigenvalue weighted by atomic mass is 10.1. The van der Waals surface area contributed by atoms with E-state index in [-0.39, 0.29) is 6.10 Å². The smallest absolute Gasteiger partial charge is 0.112 e. The molecule has 0 amide bonds. The van der Waals surface area contributed by atoms with Gasteiger partial charge in [0.05, 0.1) is 17.1 Å². The summed E-state index contributed by atoms with van der Waals surface area (Å²) in [5.41, 5.74) is 2.19. The number of fused-ring (bicyclic) bond motifs is 1. The van der Waals surface area contributed by atoms with Crippen molar-refractivity contribution in [2.75, 3.05) is 12.0 Å². The molecule has 0 saturated heterocycles. The van der Waals surface area contributed by atoms with Crippen LogP contribution in [0.3, 0.4) is 0 Å². The third kappa shape index (κ3) is 3.51. The topological polar surface area (TPSA) is 38.0 Å². The number of hydrogen-bond acceptors (Lipinski definition) is 3. The molecule has 104 valence electrons. The van der Waals surface area contributed by atoms with E-state index in [9.17, 15) is 5.11 Å². The van der Waals surface area contributed by atoms with Crippen LogP contribution < -0.4 is 0 Å². The second-order valence-corrected chi connectivity index (χ2v) is 5.74. The van der Waals surface area contributed by atoms with Crippen LogP contribution in [0, 0.1) is 0 Å². The molecule has 19 heavy (non-hydrogen) atoms. The van der Waals surface area contributed by atoms with Crippen molar-refractivity contribution in [1.29, 1.82) is 0 Å². The Hall–Kier alpha value is -1.00. The predicted octanol–water partition coefficient (Wildman–Crippen LogP) is 3.10. The molecule has 0 aliphatic carbocycles. The van der Waals surface area contributed by atoms with Crippen LogP contribution in [0.1, 0.15) is 25.6 Å². The molecule has 0 aliphatic heterocycles. The number of aromatic nitrogens is 2. The minimum atomic E-state index is -0.283. The summed E-state index contributed by atoms with van der Waals surface area (Å²) in [6.07, 6.45) is 4.39. The fourth-order valence-corrected chi connectivity index (χ4v) is 2.87. The maximum absolute atomic E-state index is 10.1. The number of benzene rings is 1. The maximum Gasteiger partial charge on any atom is 0.112 e. The highest BCUT2D eigenvalue weighted by atomic mass is 32.2. The molecule has 0 radical (unpaired) electrons. The average Bonchev–Trinajstić information content (AvgIpc) is 2.76. The molecule has 1 unspecified atom stereocenters. The van der Waals surface area contributed by atoms with Crippen molar-refractivity contribution in [3.63, 3.8) is 0 Å². The van der Waals surface area contributed by atoms with Crippen LogP contribution in [-0.2, 0) is 13.0 Å². The van der Waals surface area contributed by atoms with E-state index in [1.807, 2.05) is 30.0 Å². The van der Waals surface area contributed by atoms with Gasteiger partial charge in [-0.05, 0) is 43.9 Å². The van der Waals surface area contributed by atoms with E-state index in [1.165, 1.54) is 0 Å². The van der Waals surface area contributed by atoms with Crippen molar-refractivity contribution < 1.29 is 5.11 Å². The zero-order valence-corrected chi connectivity index (χ0v) is 12.5. The molecule has 0 aliphatic rings. The van der Waals surface area contributed by atoms with E-state index in [2.05, 4.69) is 28.8 Å². The van der Waals surface area contributed by atoms with Crippen LogP contribution in [-0.4, -0.2) is 32.8 Å². The third-order valence-electron chi connectivity index (χ3n) is 3.35. The van der Waals surface area contributed by atoms with Gasteiger partial charge < -0.3 is 9.67 Å². The van der Waals surface area contributed by atoms with Crippen LogP contribution in [0.4, 0.5) is 0 Å². The Bertz CT molecular complexity index is 524. The largest absolute Gasteiger partial charge is 0.393 e. The number of aryl methyl sites for hydroxylation is 1. The number of imidazole rings is 1. The molecular formula is C15H22N2OS. The molecule has 3 nitrogen and oxygen atoms in total. The zero-order chi connectivity index (χ0) is 13.7. The first-order chi connectivity index (χ1) is 9.26. The number of rotatable bonds is 7. The number of para-hydroxylation sites is 2. The molecule has 1 atom stereocenters. The lowest BCUT2D eigenvalue weighted by Crippen LogP contribution is -2.14. The second-order valence-electron chi connectivity index (χ2n) is 4.75. The Morgan fingerprint density at radius 3 is 2.89 bits per heavy atom. The van der Waals surface area contributed by atoms with Crippen LogP contribution in [0.2, 0.25) is 0 Å². The molecule has 2 rings (SSSR count).